The number of benzene rings is 1. The average Bonchev–Trinajstić information content (AvgIpc) is 2.87. The molecular weight excluding hydrogens is 226 g/mol. The van der Waals surface area contributed by atoms with Gasteiger partial charge in [-0.3, -0.25) is 0 Å². The van der Waals surface area contributed by atoms with Crippen LogP contribution in [0.5, 0.6) is 5.75 Å². The minimum atomic E-state index is -0.251. The number of nitrogens with two attached hydrogens (primary N) is 1. The van der Waals surface area contributed by atoms with Gasteiger partial charge >= 0.3 is 0 Å². The zero-order valence-corrected chi connectivity index (χ0v) is 10.9. The molecule has 2 atom stereocenters. The smallest absolute Gasteiger partial charge is 0.127 e. The quantitative estimate of drug-likeness (QED) is 0.873. The Kier molecular flexibility index (Phi) is 3.04. The highest BCUT2D eigenvalue weighted by molar-refractivity contribution is 5.46. The second kappa shape index (κ2) is 4.56. The molecular formula is C15H21NO2. The SMILES string of the molecule is CC1(C(N)c2cccc3c2OCC3)CCCCO1. The van der Waals surface area contributed by atoms with Crippen LogP contribution < -0.4 is 10.5 Å². The van der Waals surface area contributed by atoms with Gasteiger partial charge in [0.05, 0.1) is 18.2 Å². The fourth-order valence-corrected chi connectivity index (χ4v) is 3.02. The van der Waals surface area contributed by atoms with E-state index in [2.05, 4.69) is 25.1 Å². The van der Waals surface area contributed by atoms with Gasteiger partial charge in [-0.1, -0.05) is 18.2 Å². The van der Waals surface area contributed by atoms with Crippen LogP contribution in [0.15, 0.2) is 18.2 Å². The second-order valence-electron chi connectivity index (χ2n) is 5.53. The number of rotatable bonds is 2. The van der Waals surface area contributed by atoms with Crippen molar-refractivity contribution >= 4 is 0 Å². The molecule has 2 aliphatic heterocycles. The van der Waals surface area contributed by atoms with Gasteiger partial charge in [-0.25, -0.2) is 0 Å². The van der Waals surface area contributed by atoms with Crippen LogP contribution >= 0.6 is 0 Å². The van der Waals surface area contributed by atoms with Gasteiger partial charge in [-0.2, -0.15) is 0 Å². The highest BCUT2D eigenvalue weighted by atomic mass is 16.5. The molecule has 1 saturated heterocycles. The minimum absolute atomic E-state index is 0.106. The van der Waals surface area contributed by atoms with Crippen LogP contribution in [-0.2, 0) is 11.2 Å². The van der Waals surface area contributed by atoms with Crippen LogP contribution in [0, 0.1) is 0 Å². The summed E-state index contributed by atoms with van der Waals surface area (Å²) in [6.07, 6.45) is 4.36. The molecule has 0 radical (unpaired) electrons. The van der Waals surface area contributed by atoms with E-state index in [0.717, 1.165) is 43.8 Å². The first-order chi connectivity index (χ1) is 8.71. The fraction of sp³-hybridized carbons (Fsp3) is 0.600. The van der Waals surface area contributed by atoms with Crippen LogP contribution in [-0.4, -0.2) is 18.8 Å². The van der Waals surface area contributed by atoms with Crippen LogP contribution in [0.1, 0.15) is 43.4 Å². The van der Waals surface area contributed by atoms with Gasteiger partial charge in [0.15, 0.2) is 0 Å². The monoisotopic (exact) mass is 247 g/mol. The lowest BCUT2D eigenvalue weighted by Gasteiger charge is -2.39. The van der Waals surface area contributed by atoms with Crippen LogP contribution in [0.3, 0.4) is 0 Å². The number of ether oxygens (including phenoxy) is 2. The van der Waals surface area contributed by atoms with Crippen molar-refractivity contribution in [3.63, 3.8) is 0 Å². The van der Waals surface area contributed by atoms with Gasteiger partial charge < -0.3 is 15.2 Å². The largest absolute Gasteiger partial charge is 0.493 e. The van der Waals surface area contributed by atoms with Gasteiger partial charge in [0.1, 0.15) is 5.75 Å². The minimum Gasteiger partial charge on any atom is -0.493 e. The summed E-state index contributed by atoms with van der Waals surface area (Å²) in [6.45, 7) is 3.72. The standard InChI is InChI=1S/C15H21NO2/c1-15(8-2-3-9-18-15)14(16)12-6-4-5-11-7-10-17-13(11)12/h4-6,14H,2-3,7-10,16H2,1H3. The maximum absolute atomic E-state index is 6.47. The molecule has 1 aromatic carbocycles. The van der Waals surface area contributed by atoms with E-state index < -0.39 is 0 Å². The summed E-state index contributed by atoms with van der Waals surface area (Å²) in [5, 5.41) is 0. The predicted molar refractivity (Wildman–Crippen MR) is 70.8 cm³/mol. The summed E-state index contributed by atoms with van der Waals surface area (Å²) in [5.41, 5.74) is 8.61. The maximum Gasteiger partial charge on any atom is 0.127 e. The van der Waals surface area contributed by atoms with E-state index in [1.807, 2.05) is 0 Å². The normalized spacial score (nSPS) is 28.6. The summed E-state index contributed by atoms with van der Waals surface area (Å²) < 4.78 is 11.7. The van der Waals surface area contributed by atoms with Crippen molar-refractivity contribution in [3.05, 3.63) is 29.3 Å². The first-order valence-corrected chi connectivity index (χ1v) is 6.85. The third-order valence-electron chi connectivity index (χ3n) is 4.24. The highest BCUT2D eigenvalue weighted by Crippen LogP contribution is 2.41. The van der Waals surface area contributed by atoms with Crippen LogP contribution in [0.25, 0.3) is 0 Å². The highest BCUT2D eigenvalue weighted by Gasteiger charge is 2.37. The predicted octanol–water partition coefficient (Wildman–Crippen LogP) is 2.58. The second-order valence-corrected chi connectivity index (χ2v) is 5.53. The fourth-order valence-electron chi connectivity index (χ4n) is 3.02. The molecule has 1 fully saturated rings. The lowest BCUT2D eigenvalue weighted by atomic mass is 9.84. The third kappa shape index (κ3) is 1.91. The molecule has 1 aromatic rings. The van der Waals surface area contributed by atoms with Crippen molar-refractivity contribution in [3.8, 4) is 5.75 Å². The van der Waals surface area contributed by atoms with Crippen molar-refractivity contribution in [1.29, 1.82) is 0 Å². The lowest BCUT2D eigenvalue weighted by Crippen LogP contribution is -2.43. The number of hydrogen-bond acceptors (Lipinski definition) is 3. The Bertz CT molecular complexity index is 438. The van der Waals surface area contributed by atoms with Crippen molar-refractivity contribution in [2.24, 2.45) is 5.73 Å². The third-order valence-corrected chi connectivity index (χ3v) is 4.24. The average molecular weight is 247 g/mol. The van der Waals surface area contributed by atoms with Gasteiger partial charge in [0.2, 0.25) is 0 Å². The molecule has 2 heterocycles. The lowest BCUT2D eigenvalue weighted by molar-refractivity contribution is -0.0823. The first kappa shape index (κ1) is 12.0. The molecule has 2 N–H and O–H groups in total. The molecule has 3 rings (SSSR count). The maximum atomic E-state index is 6.47. The molecule has 3 heteroatoms. The van der Waals surface area contributed by atoms with Crippen molar-refractivity contribution in [2.75, 3.05) is 13.2 Å². The van der Waals surface area contributed by atoms with E-state index >= 15 is 0 Å². The Labute approximate surface area is 108 Å². The molecule has 0 aromatic heterocycles. The molecule has 0 saturated carbocycles. The van der Waals surface area contributed by atoms with E-state index in [1.165, 1.54) is 12.0 Å². The van der Waals surface area contributed by atoms with E-state index in [1.54, 1.807) is 0 Å². The molecule has 0 amide bonds. The molecule has 2 aliphatic rings. The van der Waals surface area contributed by atoms with E-state index in [0.29, 0.717) is 0 Å². The molecule has 0 spiro atoms. The molecule has 98 valence electrons. The Balaban J connectivity index is 1.92. The molecule has 2 unspecified atom stereocenters. The summed E-state index contributed by atoms with van der Waals surface area (Å²) in [6, 6.07) is 6.18. The number of para-hydroxylation sites is 1. The van der Waals surface area contributed by atoms with Gasteiger partial charge in [0.25, 0.3) is 0 Å². The number of hydrogen-bond donors (Lipinski definition) is 1. The Morgan fingerprint density at radius 3 is 2.94 bits per heavy atom. The summed E-state index contributed by atoms with van der Waals surface area (Å²) >= 11 is 0. The van der Waals surface area contributed by atoms with Gasteiger partial charge in [-0.05, 0) is 31.7 Å². The van der Waals surface area contributed by atoms with E-state index in [4.69, 9.17) is 15.2 Å². The van der Waals surface area contributed by atoms with Crippen LogP contribution in [0.2, 0.25) is 0 Å². The Hall–Kier alpha value is -1.06. The zero-order valence-electron chi connectivity index (χ0n) is 10.9. The van der Waals surface area contributed by atoms with Gasteiger partial charge in [0, 0.05) is 18.6 Å². The summed E-state index contributed by atoms with van der Waals surface area (Å²) in [5.74, 6) is 1.00. The molecule has 0 bridgehead atoms. The Morgan fingerprint density at radius 2 is 2.17 bits per heavy atom. The molecule has 18 heavy (non-hydrogen) atoms. The molecule has 0 aliphatic carbocycles. The topological polar surface area (TPSA) is 44.5 Å². The zero-order chi connectivity index (χ0) is 12.6. The summed E-state index contributed by atoms with van der Waals surface area (Å²) in [7, 11) is 0. The number of fused-ring (bicyclic) bond motifs is 1. The van der Waals surface area contributed by atoms with E-state index in [-0.39, 0.29) is 11.6 Å². The van der Waals surface area contributed by atoms with E-state index in [9.17, 15) is 0 Å². The van der Waals surface area contributed by atoms with Gasteiger partial charge in [-0.15, -0.1) is 0 Å². The summed E-state index contributed by atoms with van der Waals surface area (Å²) in [4.78, 5) is 0. The molecule has 3 nitrogen and oxygen atoms in total. The first-order valence-electron chi connectivity index (χ1n) is 6.85. The van der Waals surface area contributed by atoms with Crippen molar-refractivity contribution < 1.29 is 9.47 Å². The van der Waals surface area contributed by atoms with Crippen molar-refractivity contribution in [1.82, 2.24) is 0 Å². The Morgan fingerprint density at radius 1 is 1.28 bits per heavy atom. The van der Waals surface area contributed by atoms with Crippen molar-refractivity contribution in [2.45, 2.75) is 44.2 Å². The van der Waals surface area contributed by atoms with Crippen LogP contribution in [0.4, 0.5) is 0 Å².